The van der Waals surface area contributed by atoms with Crippen molar-refractivity contribution in [1.82, 2.24) is 0 Å². The number of carbonyl (C=O) groups excluding carboxylic acids is 1. The van der Waals surface area contributed by atoms with Crippen LogP contribution in [0, 0.1) is 6.92 Å². The Morgan fingerprint density at radius 2 is 1.79 bits per heavy atom. The van der Waals surface area contributed by atoms with Gasteiger partial charge >= 0.3 is 0 Å². The summed E-state index contributed by atoms with van der Waals surface area (Å²) < 4.78 is 0. The summed E-state index contributed by atoms with van der Waals surface area (Å²) in [5, 5.41) is 12.1. The van der Waals surface area contributed by atoms with Crippen molar-refractivity contribution >= 4 is 16.6 Å². The Labute approximate surface area is 112 Å². The van der Waals surface area contributed by atoms with Crippen LogP contribution in [0.5, 0.6) is 0 Å². The molecule has 1 aliphatic rings. The largest absolute Gasteiger partial charge is 0.512 e. The number of aliphatic hydroxyl groups is 1. The predicted molar refractivity (Wildman–Crippen MR) is 76.4 cm³/mol. The third kappa shape index (κ3) is 2.26. The lowest BCUT2D eigenvalue weighted by Crippen LogP contribution is -2.13. The minimum Gasteiger partial charge on any atom is -0.512 e. The molecule has 3 rings (SSSR count). The number of rotatable bonds is 1. The van der Waals surface area contributed by atoms with Crippen LogP contribution < -0.4 is 0 Å². The maximum Gasteiger partial charge on any atom is 0.159 e. The third-order valence-corrected chi connectivity index (χ3v) is 3.80. The summed E-state index contributed by atoms with van der Waals surface area (Å²) in [4.78, 5) is 11.6. The van der Waals surface area contributed by atoms with E-state index in [1.807, 2.05) is 12.1 Å². The molecule has 0 radical (unpaired) electrons. The van der Waals surface area contributed by atoms with Gasteiger partial charge in [-0.1, -0.05) is 36.4 Å². The molecule has 0 aromatic heterocycles. The smallest absolute Gasteiger partial charge is 0.159 e. The van der Waals surface area contributed by atoms with Gasteiger partial charge in [0, 0.05) is 18.9 Å². The van der Waals surface area contributed by atoms with Crippen LogP contribution >= 0.6 is 0 Å². The highest BCUT2D eigenvalue weighted by atomic mass is 16.3. The zero-order valence-electron chi connectivity index (χ0n) is 10.9. The van der Waals surface area contributed by atoms with E-state index in [9.17, 15) is 9.90 Å². The topological polar surface area (TPSA) is 37.3 Å². The average molecular weight is 252 g/mol. The normalized spacial score (nSPS) is 19.5. The highest BCUT2D eigenvalue weighted by Crippen LogP contribution is 2.34. The number of hydrogen-bond donors (Lipinski definition) is 1. The summed E-state index contributed by atoms with van der Waals surface area (Å²) >= 11 is 0. The first-order valence-corrected chi connectivity index (χ1v) is 6.55. The summed E-state index contributed by atoms with van der Waals surface area (Å²) in [5.41, 5.74) is 2.36. The van der Waals surface area contributed by atoms with Crippen molar-refractivity contribution in [2.24, 2.45) is 0 Å². The molecular weight excluding hydrogens is 236 g/mol. The van der Waals surface area contributed by atoms with Crippen LogP contribution in [0.15, 0.2) is 48.2 Å². The molecule has 0 saturated heterocycles. The van der Waals surface area contributed by atoms with Crippen LogP contribution in [0.4, 0.5) is 0 Å². The molecule has 0 fully saturated rings. The van der Waals surface area contributed by atoms with Crippen molar-refractivity contribution < 1.29 is 9.90 Å². The second-order valence-electron chi connectivity index (χ2n) is 5.26. The fourth-order valence-electron chi connectivity index (χ4n) is 2.90. The highest BCUT2D eigenvalue weighted by molar-refractivity contribution is 5.92. The Kier molecular flexibility index (Phi) is 2.86. The van der Waals surface area contributed by atoms with E-state index < -0.39 is 0 Å². The van der Waals surface area contributed by atoms with E-state index in [0.29, 0.717) is 12.8 Å². The first-order valence-electron chi connectivity index (χ1n) is 6.55. The van der Waals surface area contributed by atoms with Gasteiger partial charge in [-0.2, -0.15) is 0 Å². The Morgan fingerprint density at radius 3 is 2.47 bits per heavy atom. The standard InChI is InChI=1S/C17H16O2/c1-11-6-12-4-2-3-5-13(12)9-17(11)14-7-15(18)10-16(19)8-14/h2-6,9-10,14,18H,7-8H2,1H3. The Balaban J connectivity index is 2.07. The molecule has 0 amide bonds. The number of allylic oxidation sites excluding steroid dienone is 2. The molecule has 1 aliphatic carbocycles. The number of hydrogen-bond acceptors (Lipinski definition) is 2. The molecule has 19 heavy (non-hydrogen) atoms. The average Bonchev–Trinajstić information content (AvgIpc) is 2.36. The summed E-state index contributed by atoms with van der Waals surface area (Å²) in [5.74, 6) is 0.317. The summed E-state index contributed by atoms with van der Waals surface area (Å²) in [6, 6.07) is 12.5. The van der Waals surface area contributed by atoms with Crippen LogP contribution in [-0.4, -0.2) is 10.9 Å². The molecule has 2 aromatic rings. The second kappa shape index (κ2) is 4.54. The number of aliphatic hydroxyl groups excluding tert-OH is 1. The third-order valence-electron chi connectivity index (χ3n) is 3.80. The maximum absolute atomic E-state index is 11.6. The van der Waals surface area contributed by atoms with Crippen LogP contribution in [0.2, 0.25) is 0 Å². The van der Waals surface area contributed by atoms with Gasteiger partial charge in [0.15, 0.2) is 5.78 Å². The summed E-state index contributed by atoms with van der Waals surface area (Å²) in [6.07, 6.45) is 2.40. The molecule has 1 atom stereocenters. The lowest BCUT2D eigenvalue weighted by atomic mass is 9.83. The van der Waals surface area contributed by atoms with E-state index in [1.54, 1.807) is 0 Å². The Hall–Kier alpha value is -2.09. The van der Waals surface area contributed by atoms with E-state index in [4.69, 9.17) is 0 Å². The molecule has 2 aromatic carbocycles. The Morgan fingerprint density at radius 1 is 1.11 bits per heavy atom. The van der Waals surface area contributed by atoms with Crippen LogP contribution in [-0.2, 0) is 4.79 Å². The van der Waals surface area contributed by atoms with Crippen molar-refractivity contribution in [2.45, 2.75) is 25.7 Å². The monoisotopic (exact) mass is 252 g/mol. The quantitative estimate of drug-likeness (QED) is 0.831. The van der Waals surface area contributed by atoms with E-state index >= 15 is 0 Å². The number of ketones is 1. The number of carbonyl (C=O) groups is 1. The van der Waals surface area contributed by atoms with Gasteiger partial charge < -0.3 is 5.11 Å². The van der Waals surface area contributed by atoms with E-state index in [0.717, 1.165) is 0 Å². The van der Waals surface area contributed by atoms with Gasteiger partial charge in [0.1, 0.15) is 0 Å². The minimum absolute atomic E-state index is 0.0151. The van der Waals surface area contributed by atoms with Gasteiger partial charge in [-0.15, -0.1) is 0 Å². The lowest BCUT2D eigenvalue weighted by molar-refractivity contribution is -0.115. The van der Waals surface area contributed by atoms with Gasteiger partial charge in [-0.3, -0.25) is 4.79 Å². The molecule has 0 saturated carbocycles. The second-order valence-corrected chi connectivity index (χ2v) is 5.26. The van der Waals surface area contributed by atoms with Crippen molar-refractivity contribution in [3.63, 3.8) is 0 Å². The first-order chi connectivity index (χ1) is 9.13. The zero-order chi connectivity index (χ0) is 13.4. The van der Waals surface area contributed by atoms with Gasteiger partial charge in [0.05, 0.1) is 5.76 Å². The van der Waals surface area contributed by atoms with Crippen molar-refractivity contribution in [3.05, 3.63) is 59.4 Å². The molecule has 2 nitrogen and oxygen atoms in total. The van der Waals surface area contributed by atoms with Crippen LogP contribution in [0.25, 0.3) is 10.8 Å². The fourth-order valence-corrected chi connectivity index (χ4v) is 2.90. The van der Waals surface area contributed by atoms with Crippen LogP contribution in [0.1, 0.15) is 29.9 Å². The van der Waals surface area contributed by atoms with Crippen LogP contribution in [0.3, 0.4) is 0 Å². The van der Waals surface area contributed by atoms with E-state index in [-0.39, 0.29) is 17.5 Å². The van der Waals surface area contributed by atoms with E-state index in [1.165, 1.54) is 28.0 Å². The van der Waals surface area contributed by atoms with Crippen molar-refractivity contribution in [2.75, 3.05) is 0 Å². The maximum atomic E-state index is 11.6. The molecule has 1 unspecified atom stereocenters. The van der Waals surface area contributed by atoms with Gasteiger partial charge in [0.2, 0.25) is 0 Å². The molecule has 0 aliphatic heterocycles. The number of benzene rings is 2. The van der Waals surface area contributed by atoms with E-state index in [2.05, 4.69) is 31.2 Å². The molecule has 0 spiro atoms. The number of aryl methyl sites for hydroxylation is 1. The summed E-state index contributed by atoms with van der Waals surface area (Å²) in [7, 11) is 0. The molecule has 0 bridgehead atoms. The Bertz CT molecular complexity index is 683. The van der Waals surface area contributed by atoms with Crippen molar-refractivity contribution in [3.8, 4) is 0 Å². The SMILES string of the molecule is Cc1cc2ccccc2cc1C1CC(=O)C=C(O)C1. The molecule has 96 valence electrons. The molecule has 1 N–H and O–H groups in total. The zero-order valence-corrected chi connectivity index (χ0v) is 10.9. The molecule has 2 heteroatoms. The van der Waals surface area contributed by atoms with Crippen molar-refractivity contribution in [1.29, 1.82) is 0 Å². The highest BCUT2D eigenvalue weighted by Gasteiger charge is 2.23. The predicted octanol–water partition coefficient (Wildman–Crippen LogP) is 4.04. The molecular formula is C17H16O2. The first kappa shape index (κ1) is 12.0. The lowest BCUT2D eigenvalue weighted by Gasteiger charge is -2.22. The summed E-state index contributed by atoms with van der Waals surface area (Å²) in [6.45, 7) is 2.07. The van der Waals surface area contributed by atoms with Gasteiger partial charge in [-0.25, -0.2) is 0 Å². The fraction of sp³-hybridized carbons (Fsp3) is 0.235. The minimum atomic E-state index is 0.0151. The van der Waals surface area contributed by atoms with Gasteiger partial charge in [-0.05, 0) is 34.7 Å². The van der Waals surface area contributed by atoms with Gasteiger partial charge in [0.25, 0.3) is 0 Å². The molecule has 0 heterocycles. The number of fused-ring (bicyclic) bond motifs is 1.